The molecule has 0 aliphatic heterocycles. The first kappa shape index (κ1) is 19.7. The molecule has 0 saturated carbocycles. The van der Waals surface area contributed by atoms with Gasteiger partial charge in [-0.3, -0.25) is 5.43 Å². The summed E-state index contributed by atoms with van der Waals surface area (Å²) in [4.78, 5) is 0. The van der Waals surface area contributed by atoms with Crippen molar-refractivity contribution in [1.29, 1.82) is 0 Å². The van der Waals surface area contributed by atoms with Gasteiger partial charge in [0.2, 0.25) is 0 Å². The van der Waals surface area contributed by atoms with Crippen LogP contribution in [0.2, 0.25) is 0 Å². The van der Waals surface area contributed by atoms with E-state index in [9.17, 15) is 0 Å². The SMILES string of the molecule is COc1ccc(C=NNC(N)=S)cc1COc1ccc(C(C)(C)C)cc1. The van der Waals surface area contributed by atoms with Crippen molar-refractivity contribution in [3.8, 4) is 11.5 Å². The lowest BCUT2D eigenvalue weighted by Crippen LogP contribution is -2.24. The molecule has 0 aliphatic rings. The largest absolute Gasteiger partial charge is 0.496 e. The van der Waals surface area contributed by atoms with Crippen LogP contribution in [0.1, 0.15) is 37.5 Å². The molecule has 6 heteroatoms. The Kier molecular flexibility index (Phi) is 6.58. The number of methoxy groups -OCH3 is 1. The Bertz CT molecular complexity index is 781. The van der Waals surface area contributed by atoms with Crippen LogP contribution in [0.3, 0.4) is 0 Å². The van der Waals surface area contributed by atoms with Gasteiger partial charge in [-0.05, 0) is 59.1 Å². The number of thiocarbonyl (C=S) groups is 1. The number of benzene rings is 2. The molecule has 0 aliphatic carbocycles. The highest BCUT2D eigenvalue weighted by Crippen LogP contribution is 2.26. The highest BCUT2D eigenvalue weighted by atomic mass is 32.1. The predicted octanol–water partition coefficient (Wildman–Crippen LogP) is 3.74. The second-order valence-corrected chi connectivity index (χ2v) is 7.31. The fourth-order valence-corrected chi connectivity index (χ4v) is 2.43. The van der Waals surface area contributed by atoms with Crippen LogP contribution in [0.15, 0.2) is 47.6 Å². The number of nitrogens with two attached hydrogens (primary N) is 1. The maximum Gasteiger partial charge on any atom is 0.184 e. The van der Waals surface area contributed by atoms with Gasteiger partial charge in [0, 0.05) is 5.56 Å². The van der Waals surface area contributed by atoms with Crippen molar-refractivity contribution in [3.63, 3.8) is 0 Å². The van der Waals surface area contributed by atoms with E-state index in [2.05, 4.69) is 43.4 Å². The molecule has 0 radical (unpaired) electrons. The van der Waals surface area contributed by atoms with E-state index in [-0.39, 0.29) is 10.5 Å². The van der Waals surface area contributed by atoms with Crippen molar-refractivity contribution < 1.29 is 9.47 Å². The van der Waals surface area contributed by atoms with Crippen molar-refractivity contribution in [2.75, 3.05) is 7.11 Å². The van der Waals surface area contributed by atoms with E-state index in [1.165, 1.54) is 5.56 Å². The molecular formula is C20H25N3O2S. The van der Waals surface area contributed by atoms with Gasteiger partial charge in [0.05, 0.1) is 13.3 Å². The number of hydrogen-bond donors (Lipinski definition) is 2. The van der Waals surface area contributed by atoms with Gasteiger partial charge in [-0.1, -0.05) is 32.9 Å². The molecule has 0 atom stereocenters. The van der Waals surface area contributed by atoms with Crippen molar-refractivity contribution in [3.05, 3.63) is 59.2 Å². The normalized spacial score (nSPS) is 11.4. The van der Waals surface area contributed by atoms with E-state index in [0.717, 1.165) is 22.6 Å². The molecule has 5 nitrogen and oxygen atoms in total. The van der Waals surface area contributed by atoms with Crippen LogP contribution in [0.4, 0.5) is 0 Å². The first-order chi connectivity index (χ1) is 12.3. The maximum atomic E-state index is 5.92. The number of hydrogen-bond acceptors (Lipinski definition) is 4. The fourth-order valence-electron chi connectivity index (χ4n) is 2.37. The van der Waals surface area contributed by atoms with Crippen molar-refractivity contribution >= 4 is 23.5 Å². The average Bonchev–Trinajstić information content (AvgIpc) is 2.59. The summed E-state index contributed by atoms with van der Waals surface area (Å²) in [6.45, 7) is 6.95. The maximum absolute atomic E-state index is 5.92. The van der Waals surface area contributed by atoms with Gasteiger partial charge in [0.25, 0.3) is 0 Å². The van der Waals surface area contributed by atoms with Crippen LogP contribution in [0.25, 0.3) is 0 Å². The van der Waals surface area contributed by atoms with Gasteiger partial charge < -0.3 is 15.2 Å². The molecule has 0 fully saturated rings. The molecular weight excluding hydrogens is 346 g/mol. The van der Waals surface area contributed by atoms with Crippen LogP contribution in [-0.4, -0.2) is 18.4 Å². The van der Waals surface area contributed by atoms with E-state index in [4.69, 9.17) is 27.4 Å². The summed E-state index contributed by atoms with van der Waals surface area (Å²) >= 11 is 4.72. The van der Waals surface area contributed by atoms with E-state index in [1.54, 1.807) is 13.3 Å². The Balaban J connectivity index is 2.09. The zero-order valence-corrected chi connectivity index (χ0v) is 16.4. The van der Waals surface area contributed by atoms with Gasteiger partial charge in [0.15, 0.2) is 5.11 Å². The zero-order valence-electron chi connectivity index (χ0n) is 15.6. The Morgan fingerprint density at radius 3 is 2.46 bits per heavy atom. The van der Waals surface area contributed by atoms with Crippen LogP contribution < -0.4 is 20.6 Å². The monoisotopic (exact) mass is 371 g/mol. The quantitative estimate of drug-likeness (QED) is 0.460. The van der Waals surface area contributed by atoms with Crippen molar-refractivity contribution in [1.82, 2.24) is 5.43 Å². The van der Waals surface area contributed by atoms with Gasteiger partial charge in [-0.25, -0.2) is 0 Å². The van der Waals surface area contributed by atoms with Crippen LogP contribution in [0.5, 0.6) is 11.5 Å². The van der Waals surface area contributed by atoms with Crippen LogP contribution in [0, 0.1) is 0 Å². The second-order valence-electron chi connectivity index (χ2n) is 6.87. The molecule has 138 valence electrons. The summed E-state index contributed by atoms with van der Waals surface area (Å²) in [7, 11) is 1.64. The average molecular weight is 372 g/mol. The first-order valence-electron chi connectivity index (χ1n) is 8.28. The Morgan fingerprint density at radius 2 is 1.88 bits per heavy atom. The lowest BCUT2D eigenvalue weighted by atomic mass is 9.87. The molecule has 0 amide bonds. The summed E-state index contributed by atoms with van der Waals surface area (Å²) in [5.74, 6) is 1.57. The molecule has 0 heterocycles. The third-order valence-electron chi connectivity index (χ3n) is 3.81. The second kappa shape index (κ2) is 8.67. The summed E-state index contributed by atoms with van der Waals surface area (Å²) in [6, 6.07) is 13.9. The van der Waals surface area contributed by atoms with Crippen molar-refractivity contribution in [2.45, 2.75) is 32.8 Å². The first-order valence-corrected chi connectivity index (χ1v) is 8.69. The molecule has 2 aromatic carbocycles. The van der Waals surface area contributed by atoms with E-state index in [1.807, 2.05) is 30.3 Å². The number of hydrazone groups is 1. The summed E-state index contributed by atoms with van der Waals surface area (Å²) in [6.07, 6.45) is 1.64. The standard InChI is InChI=1S/C20H25N3O2S/c1-20(2,3)16-6-8-17(9-7-16)25-13-15-11-14(5-10-18(15)24-4)12-22-23-19(21)26/h5-12H,13H2,1-4H3,(H3,21,23,26). The molecule has 0 bridgehead atoms. The topological polar surface area (TPSA) is 68.9 Å². The van der Waals surface area contributed by atoms with Crippen LogP contribution in [-0.2, 0) is 12.0 Å². The summed E-state index contributed by atoms with van der Waals surface area (Å²) < 4.78 is 11.3. The Labute approximate surface area is 160 Å². The highest BCUT2D eigenvalue weighted by molar-refractivity contribution is 7.80. The van der Waals surface area contributed by atoms with Gasteiger partial charge in [-0.15, -0.1) is 0 Å². The molecule has 0 aromatic heterocycles. The van der Waals surface area contributed by atoms with Gasteiger partial charge in [0.1, 0.15) is 18.1 Å². The van der Waals surface area contributed by atoms with Crippen molar-refractivity contribution in [2.24, 2.45) is 10.8 Å². The highest BCUT2D eigenvalue weighted by Gasteiger charge is 2.13. The number of nitrogens with one attached hydrogen (secondary N) is 1. The van der Waals surface area contributed by atoms with Gasteiger partial charge in [-0.2, -0.15) is 5.10 Å². The number of ether oxygens (including phenoxy) is 2. The minimum absolute atomic E-state index is 0.120. The lowest BCUT2D eigenvalue weighted by molar-refractivity contribution is 0.296. The summed E-state index contributed by atoms with van der Waals surface area (Å²) in [5.41, 5.74) is 11.1. The molecule has 2 aromatic rings. The third kappa shape index (κ3) is 5.74. The smallest absolute Gasteiger partial charge is 0.184 e. The minimum atomic E-state index is 0.120. The molecule has 3 N–H and O–H groups in total. The molecule has 0 spiro atoms. The molecule has 0 unspecified atom stereocenters. The fraction of sp³-hybridized carbons (Fsp3) is 0.300. The minimum Gasteiger partial charge on any atom is -0.496 e. The van der Waals surface area contributed by atoms with E-state index >= 15 is 0 Å². The lowest BCUT2D eigenvalue weighted by Gasteiger charge is -2.19. The van der Waals surface area contributed by atoms with Crippen LogP contribution >= 0.6 is 12.2 Å². The Hall–Kier alpha value is -2.60. The summed E-state index contributed by atoms with van der Waals surface area (Å²) in [5, 5.41) is 4.09. The predicted molar refractivity (Wildman–Crippen MR) is 110 cm³/mol. The molecule has 0 saturated heterocycles. The number of rotatable bonds is 6. The molecule has 2 rings (SSSR count). The Morgan fingerprint density at radius 1 is 1.19 bits per heavy atom. The zero-order chi connectivity index (χ0) is 19.2. The third-order valence-corrected chi connectivity index (χ3v) is 3.90. The number of nitrogens with zero attached hydrogens (tertiary/aromatic N) is 1. The van der Waals surface area contributed by atoms with Gasteiger partial charge >= 0.3 is 0 Å². The molecule has 26 heavy (non-hydrogen) atoms. The van der Waals surface area contributed by atoms with E-state index in [0.29, 0.717) is 6.61 Å². The van der Waals surface area contributed by atoms with E-state index < -0.39 is 0 Å².